The lowest BCUT2D eigenvalue weighted by Crippen LogP contribution is -2.29. The van der Waals surface area contributed by atoms with Crippen LogP contribution in [0.3, 0.4) is 0 Å². The number of sulfonamides is 1. The van der Waals surface area contributed by atoms with E-state index in [1.165, 1.54) is 23.5 Å². The molecular weight excluding hydrogens is 300 g/mol. The van der Waals surface area contributed by atoms with Crippen LogP contribution >= 0.6 is 0 Å². The summed E-state index contributed by atoms with van der Waals surface area (Å²) in [4.78, 5) is 11.8. The van der Waals surface area contributed by atoms with Gasteiger partial charge in [-0.1, -0.05) is 24.3 Å². The summed E-state index contributed by atoms with van der Waals surface area (Å²) in [6.45, 7) is 0.423. The molecule has 0 atom stereocenters. The fourth-order valence-electron chi connectivity index (χ4n) is 2.63. The van der Waals surface area contributed by atoms with E-state index in [4.69, 9.17) is 0 Å². The molecule has 1 heterocycles. The normalized spacial score (nSPS) is 13.8. The van der Waals surface area contributed by atoms with Crippen LogP contribution < -0.4 is 9.62 Å². The Morgan fingerprint density at radius 1 is 1.14 bits per heavy atom. The van der Waals surface area contributed by atoms with E-state index >= 15 is 0 Å². The minimum Gasteiger partial charge on any atom is -0.355 e. The number of nitrogens with one attached hydrogen (secondary N) is 1. The minimum atomic E-state index is -3.66. The number of amides is 1. The summed E-state index contributed by atoms with van der Waals surface area (Å²) < 4.78 is 27.1. The van der Waals surface area contributed by atoms with Crippen LogP contribution in [0.15, 0.2) is 53.4 Å². The monoisotopic (exact) mass is 316 g/mol. The van der Waals surface area contributed by atoms with Crippen molar-refractivity contribution < 1.29 is 13.2 Å². The maximum Gasteiger partial charge on any atom is 0.264 e. The van der Waals surface area contributed by atoms with E-state index in [2.05, 4.69) is 5.32 Å². The van der Waals surface area contributed by atoms with E-state index in [-0.39, 0.29) is 10.8 Å². The van der Waals surface area contributed by atoms with Gasteiger partial charge in [0, 0.05) is 19.2 Å². The van der Waals surface area contributed by atoms with Gasteiger partial charge in [-0.2, -0.15) is 0 Å². The van der Waals surface area contributed by atoms with E-state index in [0.717, 1.165) is 5.56 Å². The second-order valence-corrected chi connectivity index (χ2v) is 6.93. The first-order chi connectivity index (χ1) is 10.5. The number of para-hydroxylation sites is 1. The van der Waals surface area contributed by atoms with Gasteiger partial charge in [0.05, 0.1) is 10.6 Å². The average molecular weight is 316 g/mol. The number of nitrogens with zero attached hydrogens (tertiary/aromatic N) is 1. The summed E-state index contributed by atoms with van der Waals surface area (Å²) in [5, 5.41) is 2.50. The second-order valence-electron chi connectivity index (χ2n) is 5.06. The van der Waals surface area contributed by atoms with Crippen LogP contribution in [-0.4, -0.2) is 27.9 Å². The molecule has 0 aliphatic carbocycles. The Morgan fingerprint density at radius 3 is 2.68 bits per heavy atom. The average Bonchev–Trinajstić information content (AvgIpc) is 2.99. The Bertz CT molecular complexity index is 831. The molecule has 0 aromatic heterocycles. The van der Waals surface area contributed by atoms with Crippen molar-refractivity contribution >= 4 is 21.6 Å². The van der Waals surface area contributed by atoms with Crippen molar-refractivity contribution in [2.75, 3.05) is 17.9 Å². The summed E-state index contributed by atoms with van der Waals surface area (Å²) in [7, 11) is -2.15. The topological polar surface area (TPSA) is 66.5 Å². The number of anilines is 1. The molecule has 0 unspecified atom stereocenters. The molecule has 0 fully saturated rings. The Balaban J connectivity index is 2.03. The van der Waals surface area contributed by atoms with Crippen molar-refractivity contribution in [3.8, 4) is 0 Å². The van der Waals surface area contributed by atoms with Gasteiger partial charge < -0.3 is 5.32 Å². The first-order valence-electron chi connectivity index (χ1n) is 6.97. The van der Waals surface area contributed by atoms with E-state index in [1.54, 1.807) is 12.1 Å². The molecule has 0 radical (unpaired) electrons. The summed E-state index contributed by atoms with van der Waals surface area (Å²) in [5.74, 6) is -0.307. The molecule has 1 N–H and O–H groups in total. The molecule has 22 heavy (non-hydrogen) atoms. The second kappa shape index (κ2) is 5.46. The summed E-state index contributed by atoms with van der Waals surface area (Å²) in [6.07, 6.45) is 0.699. The standard InChI is InChI=1S/C16H16N2O3S/c1-17-16(19)13-6-4-7-14(11-13)22(20,21)18-10-9-12-5-2-3-8-15(12)18/h2-8,11H,9-10H2,1H3,(H,17,19). The lowest BCUT2D eigenvalue weighted by atomic mass is 10.2. The predicted molar refractivity (Wildman–Crippen MR) is 84.5 cm³/mol. The molecule has 1 aliphatic rings. The van der Waals surface area contributed by atoms with Crippen molar-refractivity contribution in [3.63, 3.8) is 0 Å². The van der Waals surface area contributed by atoms with Crippen molar-refractivity contribution in [3.05, 3.63) is 59.7 Å². The summed E-state index contributed by atoms with van der Waals surface area (Å²) in [6, 6.07) is 13.6. The highest BCUT2D eigenvalue weighted by Crippen LogP contribution is 2.32. The van der Waals surface area contributed by atoms with Crippen LogP contribution in [0.2, 0.25) is 0 Å². The molecule has 3 rings (SSSR count). The Kier molecular flexibility index (Phi) is 3.62. The number of benzene rings is 2. The molecule has 0 spiro atoms. The van der Waals surface area contributed by atoms with E-state index in [0.29, 0.717) is 24.2 Å². The maximum atomic E-state index is 12.9. The van der Waals surface area contributed by atoms with Crippen LogP contribution in [0.25, 0.3) is 0 Å². The van der Waals surface area contributed by atoms with Crippen molar-refractivity contribution in [2.45, 2.75) is 11.3 Å². The van der Waals surface area contributed by atoms with E-state index in [9.17, 15) is 13.2 Å². The smallest absolute Gasteiger partial charge is 0.264 e. The van der Waals surface area contributed by atoms with Gasteiger partial charge in [0.1, 0.15) is 0 Å². The lowest BCUT2D eigenvalue weighted by molar-refractivity contribution is 0.0963. The van der Waals surface area contributed by atoms with Gasteiger partial charge in [-0.25, -0.2) is 8.42 Å². The first kappa shape index (κ1) is 14.6. The number of carbonyl (C=O) groups excluding carboxylic acids is 1. The highest BCUT2D eigenvalue weighted by atomic mass is 32.2. The fourth-order valence-corrected chi connectivity index (χ4v) is 4.18. The number of rotatable bonds is 3. The maximum absolute atomic E-state index is 12.9. The van der Waals surface area contributed by atoms with Crippen molar-refractivity contribution in [1.82, 2.24) is 5.32 Å². The van der Waals surface area contributed by atoms with Gasteiger partial charge in [-0.05, 0) is 36.2 Å². The van der Waals surface area contributed by atoms with Crippen molar-refractivity contribution in [1.29, 1.82) is 0 Å². The summed E-state index contributed by atoms with van der Waals surface area (Å²) in [5.41, 5.74) is 2.07. The van der Waals surface area contributed by atoms with Crippen LogP contribution in [-0.2, 0) is 16.4 Å². The van der Waals surface area contributed by atoms with Gasteiger partial charge in [-0.3, -0.25) is 9.10 Å². The molecule has 0 saturated heterocycles. The molecule has 1 aliphatic heterocycles. The van der Waals surface area contributed by atoms with E-state index in [1.807, 2.05) is 24.3 Å². The molecule has 114 valence electrons. The first-order valence-corrected chi connectivity index (χ1v) is 8.41. The molecule has 0 saturated carbocycles. The zero-order valence-corrected chi connectivity index (χ0v) is 12.9. The number of hydrogen-bond acceptors (Lipinski definition) is 3. The number of hydrogen-bond donors (Lipinski definition) is 1. The zero-order valence-electron chi connectivity index (χ0n) is 12.1. The highest BCUT2D eigenvalue weighted by Gasteiger charge is 2.30. The fraction of sp³-hybridized carbons (Fsp3) is 0.188. The number of fused-ring (bicyclic) bond motifs is 1. The van der Waals surface area contributed by atoms with Gasteiger partial charge in [-0.15, -0.1) is 0 Å². The third-order valence-corrected chi connectivity index (χ3v) is 5.57. The van der Waals surface area contributed by atoms with Crippen molar-refractivity contribution in [2.24, 2.45) is 0 Å². The molecular formula is C16H16N2O3S. The highest BCUT2D eigenvalue weighted by molar-refractivity contribution is 7.92. The van der Waals surface area contributed by atoms with Gasteiger partial charge in [0.2, 0.25) is 0 Å². The third-order valence-electron chi connectivity index (χ3n) is 3.76. The molecule has 5 nitrogen and oxygen atoms in total. The Labute approximate surface area is 129 Å². The third kappa shape index (κ3) is 2.35. The van der Waals surface area contributed by atoms with Gasteiger partial charge in [0.25, 0.3) is 15.9 Å². The van der Waals surface area contributed by atoms with Crippen LogP contribution in [0, 0.1) is 0 Å². The predicted octanol–water partition coefficient (Wildman–Crippen LogP) is 1.80. The quantitative estimate of drug-likeness (QED) is 0.939. The zero-order chi connectivity index (χ0) is 15.7. The molecule has 2 aromatic rings. The molecule has 1 amide bonds. The van der Waals surface area contributed by atoms with Gasteiger partial charge >= 0.3 is 0 Å². The lowest BCUT2D eigenvalue weighted by Gasteiger charge is -2.19. The molecule has 6 heteroatoms. The van der Waals surface area contributed by atoms with Crippen LogP contribution in [0.4, 0.5) is 5.69 Å². The minimum absolute atomic E-state index is 0.130. The Morgan fingerprint density at radius 2 is 1.91 bits per heavy atom. The Hall–Kier alpha value is -2.34. The van der Waals surface area contributed by atoms with E-state index < -0.39 is 10.0 Å². The van der Waals surface area contributed by atoms with Crippen LogP contribution in [0.5, 0.6) is 0 Å². The summed E-state index contributed by atoms with van der Waals surface area (Å²) >= 11 is 0. The number of carbonyl (C=O) groups is 1. The van der Waals surface area contributed by atoms with Gasteiger partial charge in [0.15, 0.2) is 0 Å². The SMILES string of the molecule is CNC(=O)c1cccc(S(=O)(=O)N2CCc3ccccc32)c1. The molecule has 2 aromatic carbocycles. The van der Waals surface area contributed by atoms with Crippen LogP contribution in [0.1, 0.15) is 15.9 Å². The molecule has 0 bridgehead atoms. The largest absolute Gasteiger partial charge is 0.355 e.